The van der Waals surface area contributed by atoms with Crippen molar-refractivity contribution in [1.29, 1.82) is 0 Å². The molecule has 1 unspecified atom stereocenters. The molecule has 8 heteroatoms. The SMILES string of the molecule is C[C@H]1c2ccc(F)c(C3C[C@@H]3C(C)(C)O)c2C[C@H](CO[Si](c2ccccc2)(c2ccccc2)C(C)(C)C)N1C(=O)Cc1c(Cl)cccc1Cl. The highest BCUT2D eigenvalue weighted by atomic mass is 35.5. The molecule has 1 aliphatic carbocycles. The molecule has 1 heterocycles. The summed E-state index contributed by atoms with van der Waals surface area (Å²) < 4.78 is 23.3. The summed E-state index contributed by atoms with van der Waals surface area (Å²) in [5, 5.41) is 13.8. The molecule has 0 saturated heterocycles. The van der Waals surface area contributed by atoms with E-state index in [4.69, 9.17) is 27.6 Å². The van der Waals surface area contributed by atoms with E-state index in [1.165, 1.54) is 6.07 Å². The number of benzene rings is 4. The molecule has 0 aromatic heterocycles. The number of fused-ring (bicyclic) bond motifs is 1. The summed E-state index contributed by atoms with van der Waals surface area (Å²) in [6.07, 6.45) is 1.19. The Morgan fingerprint density at radius 3 is 1.98 bits per heavy atom. The van der Waals surface area contributed by atoms with E-state index in [1.54, 1.807) is 32.0 Å². The minimum absolute atomic E-state index is 0.0300. The molecule has 1 amide bonds. The number of hydrogen-bond donors (Lipinski definition) is 1. The molecule has 6 rings (SSSR count). The zero-order valence-corrected chi connectivity index (χ0v) is 31.7. The van der Waals surface area contributed by atoms with Gasteiger partial charge in [0.1, 0.15) is 5.82 Å². The third-order valence-electron chi connectivity index (χ3n) is 10.7. The average molecular weight is 719 g/mol. The predicted octanol–water partition coefficient (Wildman–Crippen LogP) is 8.64. The van der Waals surface area contributed by atoms with Crippen LogP contribution < -0.4 is 10.4 Å². The first kappa shape index (κ1) is 35.8. The standard InChI is InChI=1S/C41H46Cl2FNO3Si/c1-26-30-20-21-37(44)39(32-23-34(32)41(5,6)47)31(30)22-27(45(26)38(46)24-33-35(42)18-13-19-36(33)43)25-48-49(40(2,3)4,28-14-9-7-10-15-28)29-16-11-8-12-17-29/h7-21,26-27,32,34,47H,22-25H2,1-6H3/t26-,27+,32?,34-/m0/s1. The fourth-order valence-corrected chi connectivity index (χ4v) is 13.4. The molecule has 1 fully saturated rings. The van der Waals surface area contributed by atoms with Gasteiger partial charge in [-0.2, -0.15) is 0 Å². The number of rotatable bonds is 9. The Balaban J connectivity index is 1.45. The highest BCUT2D eigenvalue weighted by Crippen LogP contribution is 2.56. The topological polar surface area (TPSA) is 49.8 Å². The van der Waals surface area contributed by atoms with Crippen LogP contribution in [0.15, 0.2) is 91.0 Å². The monoisotopic (exact) mass is 717 g/mol. The number of halogens is 3. The van der Waals surface area contributed by atoms with Crippen molar-refractivity contribution in [2.24, 2.45) is 5.92 Å². The van der Waals surface area contributed by atoms with Crippen molar-refractivity contribution in [3.05, 3.63) is 129 Å². The van der Waals surface area contributed by atoms with Crippen LogP contribution in [-0.2, 0) is 22.1 Å². The molecule has 1 aliphatic heterocycles. The van der Waals surface area contributed by atoms with Crippen LogP contribution in [0.4, 0.5) is 4.39 Å². The minimum Gasteiger partial charge on any atom is -0.405 e. The van der Waals surface area contributed by atoms with Crippen LogP contribution in [0.3, 0.4) is 0 Å². The molecule has 1 saturated carbocycles. The maximum Gasteiger partial charge on any atom is 0.261 e. The van der Waals surface area contributed by atoms with Crippen molar-refractivity contribution in [3.8, 4) is 0 Å². The molecule has 49 heavy (non-hydrogen) atoms. The highest BCUT2D eigenvalue weighted by molar-refractivity contribution is 6.99. The first-order valence-electron chi connectivity index (χ1n) is 17.2. The van der Waals surface area contributed by atoms with Gasteiger partial charge in [0.25, 0.3) is 8.32 Å². The van der Waals surface area contributed by atoms with Crippen molar-refractivity contribution < 1.29 is 18.7 Å². The van der Waals surface area contributed by atoms with E-state index in [0.717, 1.165) is 27.9 Å². The molecule has 4 nitrogen and oxygen atoms in total. The minimum atomic E-state index is -2.96. The summed E-state index contributed by atoms with van der Waals surface area (Å²) in [6.45, 7) is 12.6. The van der Waals surface area contributed by atoms with E-state index in [-0.39, 0.29) is 47.7 Å². The third-order valence-corrected chi connectivity index (χ3v) is 16.4. The van der Waals surface area contributed by atoms with E-state index in [2.05, 4.69) is 69.3 Å². The molecule has 1 N–H and O–H groups in total. The predicted molar refractivity (Wildman–Crippen MR) is 200 cm³/mol. The number of aliphatic hydroxyl groups is 1. The Morgan fingerprint density at radius 1 is 0.898 bits per heavy atom. The smallest absolute Gasteiger partial charge is 0.261 e. The molecule has 0 radical (unpaired) electrons. The average Bonchev–Trinajstić information content (AvgIpc) is 3.85. The molecular weight excluding hydrogens is 672 g/mol. The van der Waals surface area contributed by atoms with Gasteiger partial charge in [0.15, 0.2) is 0 Å². The van der Waals surface area contributed by atoms with E-state index in [9.17, 15) is 9.90 Å². The Bertz CT molecular complexity index is 1760. The van der Waals surface area contributed by atoms with Gasteiger partial charge < -0.3 is 14.4 Å². The second-order valence-electron chi connectivity index (χ2n) is 15.3. The van der Waals surface area contributed by atoms with Crippen LogP contribution >= 0.6 is 23.2 Å². The molecule has 2 aliphatic rings. The number of hydrogen-bond acceptors (Lipinski definition) is 3. The molecule has 258 valence electrons. The van der Waals surface area contributed by atoms with Crippen molar-refractivity contribution in [3.63, 3.8) is 0 Å². The van der Waals surface area contributed by atoms with Gasteiger partial charge in [-0.15, -0.1) is 0 Å². The van der Waals surface area contributed by atoms with Crippen LogP contribution in [0.2, 0.25) is 15.1 Å². The summed E-state index contributed by atoms with van der Waals surface area (Å²) in [7, 11) is -2.96. The Kier molecular flexibility index (Phi) is 9.95. The lowest BCUT2D eigenvalue weighted by Gasteiger charge is -2.47. The normalized spacial score (nSPS) is 21.0. The van der Waals surface area contributed by atoms with E-state index in [1.807, 2.05) is 30.0 Å². The summed E-state index contributed by atoms with van der Waals surface area (Å²) >= 11 is 13.1. The van der Waals surface area contributed by atoms with Gasteiger partial charge in [0.2, 0.25) is 5.91 Å². The van der Waals surface area contributed by atoms with Crippen LogP contribution in [-0.4, -0.2) is 42.5 Å². The Labute approximate surface area is 301 Å². The lowest BCUT2D eigenvalue weighted by molar-refractivity contribution is -0.137. The third kappa shape index (κ3) is 6.75. The van der Waals surface area contributed by atoms with Crippen LogP contribution in [0.5, 0.6) is 0 Å². The maximum absolute atomic E-state index is 15.9. The quantitative estimate of drug-likeness (QED) is 0.176. The first-order chi connectivity index (χ1) is 23.1. The molecule has 0 bridgehead atoms. The molecule has 0 spiro atoms. The lowest BCUT2D eigenvalue weighted by Crippen LogP contribution is -2.67. The molecular formula is C41H46Cl2FNO3Si. The largest absolute Gasteiger partial charge is 0.405 e. The van der Waals surface area contributed by atoms with Gasteiger partial charge in [0, 0.05) is 10.0 Å². The van der Waals surface area contributed by atoms with Crippen molar-refractivity contribution in [2.45, 2.75) is 89.4 Å². The Morgan fingerprint density at radius 2 is 1.47 bits per heavy atom. The second kappa shape index (κ2) is 13.6. The fourth-order valence-electron chi connectivity index (χ4n) is 8.25. The van der Waals surface area contributed by atoms with Crippen molar-refractivity contribution >= 4 is 47.8 Å². The second-order valence-corrected chi connectivity index (χ2v) is 20.4. The van der Waals surface area contributed by atoms with Gasteiger partial charge in [-0.25, -0.2) is 4.39 Å². The summed E-state index contributed by atoms with van der Waals surface area (Å²) in [5.74, 6) is -0.477. The molecule has 4 aromatic rings. The van der Waals surface area contributed by atoms with E-state index in [0.29, 0.717) is 27.6 Å². The Hall–Kier alpha value is -3.00. The van der Waals surface area contributed by atoms with Gasteiger partial charge in [0.05, 0.1) is 30.7 Å². The van der Waals surface area contributed by atoms with Crippen molar-refractivity contribution in [2.75, 3.05) is 6.61 Å². The summed E-state index contributed by atoms with van der Waals surface area (Å²) in [6, 6.07) is 28.8. The fraction of sp³-hybridized carbons (Fsp3) is 0.390. The van der Waals surface area contributed by atoms with Gasteiger partial charge in [-0.1, -0.05) is 117 Å². The lowest BCUT2D eigenvalue weighted by atomic mass is 9.83. The highest BCUT2D eigenvalue weighted by Gasteiger charge is 2.53. The summed E-state index contributed by atoms with van der Waals surface area (Å²) in [5.41, 5.74) is 2.21. The summed E-state index contributed by atoms with van der Waals surface area (Å²) in [4.78, 5) is 16.4. The zero-order chi connectivity index (χ0) is 35.3. The van der Waals surface area contributed by atoms with E-state index < -0.39 is 20.0 Å². The van der Waals surface area contributed by atoms with Gasteiger partial charge in [-0.05, 0) is 101 Å². The molecule has 4 aromatic carbocycles. The van der Waals surface area contributed by atoms with Gasteiger partial charge >= 0.3 is 0 Å². The van der Waals surface area contributed by atoms with Crippen LogP contribution in [0.1, 0.15) is 82.2 Å². The number of carbonyl (C=O) groups is 1. The van der Waals surface area contributed by atoms with Crippen LogP contribution in [0, 0.1) is 11.7 Å². The zero-order valence-electron chi connectivity index (χ0n) is 29.1. The van der Waals surface area contributed by atoms with Gasteiger partial charge in [-0.3, -0.25) is 4.79 Å². The maximum atomic E-state index is 15.9. The van der Waals surface area contributed by atoms with Crippen LogP contribution in [0.25, 0.3) is 0 Å². The molecule has 4 atom stereocenters. The number of nitrogens with zero attached hydrogens (tertiary/aromatic N) is 1. The number of amides is 1. The first-order valence-corrected chi connectivity index (χ1v) is 19.8. The number of carbonyl (C=O) groups excluding carboxylic acids is 1. The van der Waals surface area contributed by atoms with Crippen molar-refractivity contribution in [1.82, 2.24) is 4.90 Å². The van der Waals surface area contributed by atoms with E-state index >= 15 is 4.39 Å².